The minimum absolute atomic E-state index is 0.0301. The van der Waals surface area contributed by atoms with Gasteiger partial charge in [-0.2, -0.15) is 0 Å². The van der Waals surface area contributed by atoms with Crippen molar-refractivity contribution in [2.24, 2.45) is 5.41 Å². The van der Waals surface area contributed by atoms with Crippen LogP contribution in [0.4, 0.5) is 5.82 Å². The lowest BCUT2D eigenvalue weighted by Gasteiger charge is -2.43. The van der Waals surface area contributed by atoms with Crippen LogP contribution in [0.5, 0.6) is 0 Å². The Morgan fingerprint density at radius 1 is 1.15 bits per heavy atom. The molecule has 2 N–H and O–H groups in total. The van der Waals surface area contributed by atoms with Crippen LogP contribution in [0.25, 0.3) is 28.0 Å². The van der Waals surface area contributed by atoms with Crippen molar-refractivity contribution >= 4 is 36.6 Å². The van der Waals surface area contributed by atoms with E-state index in [4.69, 9.17) is 15.1 Å². The number of nitrogens with two attached hydrogens (primary N) is 1. The van der Waals surface area contributed by atoms with Crippen molar-refractivity contribution < 1.29 is 9.22 Å². The third-order valence-electron chi connectivity index (χ3n) is 9.56. The molecule has 218 valence electrons. The summed E-state index contributed by atoms with van der Waals surface area (Å²) in [6.45, 7) is 17.8. The monoisotopic (exact) mass is 573 g/mol. The Kier molecular flexibility index (Phi) is 7.91. The Bertz CT molecular complexity index is 1470. The second-order valence-electron chi connectivity index (χ2n) is 13.0. The lowest BCUT2D eigenvalue weighted by atomic mass is 9.68. The molecule has 1 aliphatic carbocycles. The minimum atomic E-state index is -1.94. The number of hydrogen-bond donors (Lipinski definition) is 1. The van der Waals surface area contributed by atoms with Crippen LogP contribution in [0.2, 0.25) is 18.1 Å². The number of nitrogen functional groups attached to an aromatic ring is 1. The highest BCUT2D eigenvalue weighted by Crippen LogP contribution is 2.48. The van der Waals surface area contributed by atoms with Crippen LogP contribution in [-0.2, 0) is 15.8 Å². The number of rotatable bonds is 7. The molecule has 1 aliphatic heterocycles. The lowest BCUT2D eigenvalue weighted by Crippen LogP contribution is -2.43. The summed E-state index contributed by atoms with van der Waals surface area (Å²) in [5.74, 6) is 1.08. The van der Waals surface area contributed by atoms with Gasteiger partial charge in [-0.3, -0.25) is 4.79 Å². The van der Waals surface area contributed by atoms with Crippen molar-refractivity contribution in [1.82, 2.24) is 29.4 Å². The summed E-state index contributed by atoms with van der Waals surface area (Å²) in [5, 5.41) is 0.912. The summed E-state index contributed by atoms with van der Waals surface area (Å²) in [4.78, 5) is 32.4. The van der Waals surface area contributed by atoms with E-state index in [0.717, 1.165) is 67.5 Å². The van der Waals surface area contributed by atoms with Crippen LogP contribution >= 0.6 is 0 Å². The van der Waals surface area contributed by atoms with E-state index in [1.807, 2.05) is 11.0 Å². The summed E-state index contributed by atoms with van der Waals surface area (Å²) in [7, 11) is -1.94. The number of piperidine rings is 1. The minimum Gasteiger partial charge on any atom is -0.415 e. The van der Waals surface area contributed by atoms with Gasteiger partial charge in [0, 0.05) is 32.0 Å². The molecular weight excluding hydrogens is 530 g/mol. The van der Waals surface area contributed by atoms with Crippen LogP contribution in [-0.4, -0.2) is 63.3 Å². The number of hydrogen-bond acceptors (Lipinski definition) is 7. The Morgan fingerprint density at radius 3 is 2.46 bits per heavy atom. The van der Waals surface area contributed by atoms with Gasteiger partial charge < -0.3 is 19.6 Å². The maximum Gasteiger partial charge on any atom is 0.245 e. The van der Waals surface area contributed by atoms with Crippen LogP contribution in [0.15, 0.2) is 43.5 Å². The van der Waals surface area contributed by atoms with E-state index >= 15 is 0 Å². The molecule has 5 rings (SSSR count). The molecule has 41 heavy (non-hydrogen) atoms. The fraction of sp³-hybridized carbons (Fsp3) is 0.516. The maximum atomic E-state index is 12.2. The molecule has 2 aliphatic rings. The molecule has 1 fully saturated rings. The van der Waals surface area contributed by atoms with Gasteiger partial charge in [-0.25, -0.2) is 19.9 Å². The number of likely N-dealkylation sites (tertiary alicyclic amines) is 1. The second kappa shape index (κ2) is 11.1. The number of anilines is 1. The molecule has 0 bridgehead atoms. The van der Waals surface area contributed by atoms with Gasteiger partial charge in [0.25, 0.3) is 0 Å². The highest BCUT2D eigenvalue weighted by molar-refractivity contribution is 6.74. The SMILES string of the molecule is C=CC(=O)N1CCC2(CC=C(c3c(-c4ncccn4)c4c(N)ncnc4n3CCO[Si](C)(C)C(C)(C)C)CC2)CC1. The molecule has 1 saturated heterocycles. The average Bonchev–Trinajstić information content (AvgIpc) is 3.28. The summed E-state index contributed by atoms with van der Waals surface area (Å²) >= 11 is 0. The standard InChI is InChI=1S/C31H43N7O2Si/c1-7-23(39)37-17-13-31(14-18-37)11-9-22(10-12-31)26-24(28-33-15-8-16-34-28)25-27(32)35-21-36-29(25)38(26)19-20-40-41(5,6)30(2,3)4/h7-9,15-16,21H,1,10-14,17-20H2,2-6H3,(H2,32,35,36). The first-order chi connectivity index (χ1) is 19.5. The van der Waals surface area contributed by atoms with Crippen molar-refractivity contribution in [1.29, 1.82) is 0 Å². The van der Waals surface area contributed by atoms with Gasteiger partial charge in [-0.05, 0) is 73.4 Å². The third kappa shape index (κ3) is 5.59. The Labute approximate surface area is 244 Å². The Hall–Kier alpha value is -3.37. The third-order valence-corrected chi connectivity index (χ3v) is 14.1. The van der Waals surface area contributed by atoms with Crippen molar-refractivity contribution in [3.63, 3.8) is 0 Å². The van der Waals surface area contributed by atoms with Gasteiger partial charge in [0.1, 0.15) is 17.8 Å². The second-order valence-corrected chi connectivity index (χ2v) is 17.8. The van der Waals surface area contributed by atoms with E-state index in [-0.39, 0.29) is 16.4 Å². The molecule has 0 saturated carbocycles. The zero-order chi connectivity index (χ0) is 29.4. The topological polar surface area (TPSA) is 112 Å². The molecule has 9 nitrogen and oxygen atoms in total. The molecule has 0 aromatic carbocycles. The first-order valence-corrected chi connectivity index (χ1v) is 17.5. The molecule has 3 aromatic rings. The molecular formula is C31H43N7O2Si. The number of carbonyl (C=O) groups excluding carboxylic acids is 1. The molecule has 0 radical (unpaired) electrons. The molecule has 4 heterocycles. The van der Waals surface area contributed by atoms with Crippen LogP contribution in [0.1, 0.15) is 58.6 Å². The fourth-order valence-electron chi connectivity index (χ4n) is 5.94. The number of allylic oxidation sites excluding steroid dienone is 2. The highest BCUT2D eigenvalue weighted by atomic mass is 28.4. The highest BCUT2D eigenvalue weighted by Gasteiger charge is 2.39. The van der Waals surface area contributed by atoms with Crippen molar-refractivity contribution in [3.8, 4) is 11.4 Å². The first-order valence-electron chi connectivity index (χ1n) is 14.6. The number of amides is 1. The van der Waals surface area contributed by atoms with Crippen LogP contribution in [0.3, 0.4) is 0 Å². The molecule has 10 heteroatoms. The average molecular weight is 574 g/mol. The van der Waals surface area contributed by atoms with Crippen molar-refractivity contribution in [2.45, 2.75) is 77.6 Å². The van der Waals surface area contributed by atoms with Crippen LogP contribution in [0, 0.1) is 5.41 Å². The van der Waals surface area contributed by atoms with E-state index in [1.54, 1.807) is 12.4 Å². The molecule has 0 unspecified atom stereocenters. The van der Waals surface area contributed by atoms with E-state index in [2.05, 4.69) is 66.0 Å². The van der Waals surface area contributed by atoms with Gasteiger partial charge in [0.05, 0.1) is 23.3 Å². The lowest BCUT2D eigenvalue weighted by molar-refractivity contribution is -0.128. The first kappa shape index (κ1) is 29.1. The van der Waals surface area contributed by atoms with E-state index < -0.39 is 8.32 Å². The molecule has 3 aromatic heterocycles. The Balaban J connectivity index is 1.55. The van der Waals surface area contributed by atoms with Gasteiger partial charge >= 0.3 is 0 Å². The molecule has 1 amide bonds. The smallest absolute Gasteiger partial charge is 0.245 e. The zero-order valence-electron chi connectivity index (χ0n) is 25.1. The Morgan fingerprint density at radius 2 is 1.85 bits per heavy atom. The summed E-state index contributed by atoms with van der Waals surface area (Å²) in [6, 6.07) is 1.82. The predicted octanol–water partition coefficient (Wildman–Crippen LogP) is 5.85. The van der Waals surface area contributed by atoms with Gasteiger partial charge in [0.15, 0.2) is 14.1 Å². The zero-order valence-corrected chi connectivity index (χ0v) is 26.1. The summed E-state index contributed by atoms with van der Waals surface area (Å²) < 4.78 is 8.87. The quantitative estimate of drug-likeness (QED) is 0.278. The van der Waals surface area contributed by atoms with E-state index in [9.17, 15) is 4.79 Å². The predicted molar refractivity (Wildman–Crippen MR) is 166 cm³/mol. The van der Waals surface area contributed by atoms with Crippen molar-refractivity contribution in [2.75, 3.05) is 25.4 Å². The van der Waals surface area contributed by atoms with Gasteiger partial charge in [-0.1, -0.05) is 33.4 Å². The number of fused-ring (bicyclic) bond motifs is 1. The molecule has 0 atom stereocenters. The maximum absolute atomic E-state index is 12.2. The van der Waals surface area contributed by atoms with Crippen LogP contribution < -0.4 is 5.73 Å². The number of nitrogens with zero attached hydrogens (tertiary/aromatic N) is 6. The molecule has 1 spiro atoms. The normalized spacial score (nSPS) is 17.6. The van der Waals surface area contributed by atoms with Crippen molar-refractivity contribution in [3.05, 3.63) is 49.2 Å². The van der Waals surface area contributed by atoms with Gasteiger partial charge in [0.2, 0.25) is 5.91 Å². The summed E-state index contributed by atoms with van der Waals surface area (Å²) in [6.07, 6.45) is 13.8. The van der Waals surface area contributed by atoms with Gasteiger partial charge in [-0.15, -0.1) is 0 Å². The fourth-order valence-corrected chi connectivity index (χ4v) is 6.98. The summed E-state index contributed by atoms with van der Waals surface area (Å²) in [5.41, 5.74) is 10.7. The van der Waals surface area contributed by atoms with E-state index in [0.29, 0.717) is 24.8 Å². The largest absolute Gasteiger partial charge is 0.415 e. The number of aromatic nitrogens is 5. The number of carbonyl (C=O) groups is 1. The van der Waals surface area contributed by atoms with E-state index in [1.165, 1.54) is 18.0 Å².